The van der Waals surface area contributed by atoms with E-state index in [1.54, 1.807) is 27.0 Å². The second-order valence-electron chi connectivity index (χ2n) is 11.9. The Morgan fingerprint density at radius 2 is 0.830 bits per heavy atom. The van der Waals surface area contributed by atoms with E-state index < -0.39 is 20.6 Å². The fraction of sp³-hybridized carbons (Fsp3) is 0.900. The van der Waals surface area contributed by atoms with Gasteiger partial charge >= 0.3 is 0 Å². The van der Waals surface area contributed by atoms with Crippen molar-refractivity contribution in [1.82, 2.24) is 10.6 Å². The second-order valence-corrected chi connectivity index (χ2v) is 16.1. The molecule has 0 radical (unpaired) electrons. The van der Waals surface area contributed by atoms with Gasteiger partial charge in [-0.1, -0.05) is 136 Å². The van der Waals surface area contributed by atoms with Crippen LogP contribution in [0.2, 0.25) is 0 Å². The molecule has 0 heterocycles. The van der Waals surface area contributed by atoms with Gasteiger partial charge in [-0.2, -0.15) is 0 Å². The molecule has 0 aliphatic carbocycles. The van der Waals surface area contributed by atoms with Crippen molar-refractivity contribution < 1.29 is 27.0 Å². The largest absolute Gasteiger partial charge is 0.388 e. The van der Waals surface area contributed by atoms with Crippen LogP contribution in [0.25, 0.3) is 0 Å². The summed E-state index contributed by atoms with van der Waals surface area (Å²) in [5, 5.41) is 5.14. The predicted octanol–water partition coefficient (Wildman–Crippen LogP) is 9.34. The number of nitrogens with two attached hydrogens (primary N) is 2. The van der Waals surface area contributed by atoms with Gasteiger partial charge in [0.1, 0.15) is 9.84 Å². The molecule has 3 amide bonds. The highest BCUT2D eigenvalue weighted by Crippen LogP contribution is 1.94. The van der Waals surface area contributed by atoms with Gasteiger partial charge in [0.15, 0.2) is 0 Å². The first-order valence-electron chi connectivity index (χ1n) is 19.7. The monoisotopic (exact) mass is 810 g/mol. The maximum Gasteiger partial charge on any atom is 0.217 e. The molecule has 53 heavy (non-hydrogen) atoms. The fourth-order valence-electron chi connectivity index (χ4n) is 0.747. The van der Waals surface area contributed by atoms with Crippen LogP contribution in [0.15, 0.2) is 4.99 Å². The molecule has 11 nitrogen and oxygen atoms in total. The van der Waals surface area contributed by atoms with Crippen LogP contribution in [0.3, 0.4) is 0 Å². The van der Waals surface area contributed by atoms with E-state index in [9.17, 15) is 27.0 Å². The summed E-state index contributed by atoms with van der Waals surface area (Å²) in [5.41, 5.74) is 9.81. The Labute approximate surface area is 336 Å². The number of amides is 3. The topological polar surface area (TPSA) is 191 Å². The number of amidine groups is 1. The summed E-state index contributed by atoms with van der Waals surface area (Å²) in [6.07, 6.45) is 9.72. The Balaban J connectivity index is -0.0000000410. The average Bonchev–Trinajstić information content (AvgIpc) is 3.03. The van der Waals surface area contributed by atoms with E-state index in [0.717, 1.165) is 37.2 Å². The molecule has 0 aliphatic rings. The normalized spacial score (nSPS) is 9.34. The average molecular weight is 810 g/mol. The van der Waals surface area contributed by atoms with Gasteiger partial charge in [0.25, 0.3) is 0 Å². The molecule has 0 spiro atoms. The third-order valence-corrected chi connectivity index (χ3v) is 6.03. The highest BCUT2D eigenvalue weighted by atomic mass is 32.2. The molecule has 1 atom stereocenters. The molecule has 0 aliphatic heterocycles. The van der Waals surface area contributed by atoms with Crippen molar-refractivity contribution in [3.63, 3.8) is 0 Å². The second kappa shape index (κ2) is 78.9. The van der Waals surface area contributed by atoms with E-state index >= 15 is 0 Å². The number of rotatable bonds is 8. The van der Waals surface area contributed by atoms with E-state index in [0.29, 0.717) is 12.3 Å². The summed E-state index contributed by atoms with van der Waals surface area (Å²) >= 11 is 0. The number of carbonyl (C=O) groups is 3. The van der Waals surface area contributed by atoms with Crippen LogP contribution in [-0.4, -0.2) is 79.8 Å². The maximum atomic E-state index is 10.0. The molecular formula is C40H99N5O6S2. The van der Waals surface area contributed by atoms with Crippen LogP contribution in [0.5, 0.6) is 0 Å². The molecule has 1 unspecified atom stereocenters. The number of nitrogens with one attached hydrogen (secondary N) is 2. The van der Waals surface area contributed by atoms with E-state index in [4.69, 9.17) is 5.73 Å². The Kier molecular flexibility index (Phi) is 119. The zero-order valence-corrected chi connectivity index (χ0v) is 41.4. The molecular weight excluding hydrogens is 711 g/mol. The van der Waals surface area contributed by atoms with Crippen LogP contribution >= 0.6 is 0 Å². The lowest BCUT2D eigenvalue weighted by Gasteiger charge is -1.90. The zero-order chi connectivity index (χ0) is 45.4. The van der Waals surface area contributed by atoms with Gasteiger partial charge in [0.2, 0.25) is 17.7 Å². The summed E-state index contributed by atoms with van der Waals surface area (Å²) < 4.78 is 29.9. The maximum absolute atomic E-state index is 10.0. The lowest BCUT2D eigenvalue weighted by atomic mass is 10.2. The summed E-state index contributed by atoms with van der Waals surface area (Å²) in [6, 6.07) is 0. The van der Waals surface area contributed by atoms with Gasteiger partial charge < -0.3 is 22.1 Å². The first kappa shape index (κ1) is 79.7. The smallest absolute Gasteiger partial charge is 0.217 e. The first-order chi connectivity index (χ1) is 24.2. The minimum Gasteiger partial charge on any atom is -0.388 e. The number of carbonyl (C=O) groups excluding carboxylic acids is 3. The standard InChI is InChI=1S/2C5H12.C4H10N2.2C4H9NO.C3H7NO.C3H8O2S.C3H8OS.3C3H8/c2*1-4-5(2)3;1-3-6-4(2)5;2*1-3-5-4(2)6;1-2-3(4)5;1-3-6(2,4)5;1-3-5(2)4;3*1-3-2/h2*5H,4H2,1-3H3;3H2,1-2H3,(H2,5,6);2*3H2,1-2H3,(H,5,6);2H2,1H3,(H2,4,5);3H2,1-2H3;3H2,1-2H3;3*3H2,1-2H3. The molecule has 0 bridgehead atoms. The molecule has 0 rings (SSSR count). The molecule has 0 fully saturated rings. The molecule has 332 valence electrons. The van der Waals surface area contributed by atoms with Crippen molar-refractivity contribution in [2.24, 2.45) is 28.3 Å². The number of sulfone groups is 1. The highest BCUT2D eigenvalue weighted by Gasteiger charge is 1.90. The zero-order valence-electron chi connectivity index (χ0n) is 39.8. The molecule has 0 aromatic carbocycles. The van der Waals surface area contributed by atoms with Crippen molar-refractivity contribution >= 4 is 44.2 Å². The van der Waals surface area contributed by atoms with Gasteiger partial charge in [-0.3, -0.25) is 23.6 Å². The summed E-state index contributed by atoms with van der Waals surface area (Å²) in [6.45, 7) is 44.1. The van der Waals surface area contributed by atoms with Crippen LogP contribution in [0.1, 0.15) is 184 Å². The summed E-state index contributed by atoms with van der Waals surface area (Å²) in [4.78, 5) is 33.3. The van der Waals surface area contributed by atoms with Gasteiger partial charge in [0.05, 0.1) is 5.84 Å². The number of aliphatic imine (C=N–C) groups is 1. The Morgan fingerprint density at radius 1 is 0.642 bits per heavy atom. The SMILES string of the molecule is CCC.CCC.CCC.CCC(C)C.CCC(C)C.CCC(N)=O.CCN=C(C)N.CCNC(C)=O.CCNC(C)=O.CCS(C)(=O)=O.CCS(C)=O. The van der Waals surface area contributed by atoms with Gasteiger partial charge in [-0.05, 0) is 39.5 Å². The predicted molar refractivity (Wildman–Crippen MR) is 244 cm³/mol. The third kappa shape index (κ3) is 356. The van der Waals surface area contributed by atoms with Crippen LogP contribution in [0.4, 0.5) is 0 Å². The Hall–Kier alpha value is -2.02. The van der Waals surface area contributed by atoms with Crippen LogP contribution < -0.4 is 22.1 Å². The van der Waals surface area contributed by atoms with Gasteiger partial charge in [-0.15, -0.1) is 0 Å². The lowest BCUT2D eigenvalue weighted by Crippen LogP contribution is -2.18. The molecule has 13 heteroatoms. The minimum absolute atomic E-state index is 0.0394. The van der Waals surface area contributed by atoms with Gasteiger partial charge in [0, 0.05) is 74.7 Å². The van der Waals surface area contributed by atoms with Crippen molar-refractivity contribution in [3.8, 4) is 0 Å². The van der Waals surface area contributed by atoms with E-state index in [1.807, 2.05) is 27.7 Å². The lowest BCUT2D eigenvalue weighted by molar-refractivity contribution is -0.119. The van der Waals surface area contributed by atoms with Crippen molar-refractivity contribution in [2.45, 2.75) is 184 Å². The minimum atomic E-state index is -2.66. The Morgan fingerprint density at radius 3 is 0.830 bits per heavy atom. The molecule has 0 saturated heterocycles. The number of primary amides is 1. The van der Waals surface area contributed by atoms with Crippen molar-refractivity contribution in [3.05, 3.63) is 0 Å². The molecule has 0 saturated carbocycles. The van der Waals surface area contributed by atoms with E-state index in [2.05, 4.69) is 104 Å². The molecule has 0 aromatic heterocycles. The number of hydrogen-bond donors (Lipinski definition) is 4. The highest BCUT2D eigenvalue weighted by molar-refractivity contribution is 7.90. The fourth-order valence-corrected chi connectivity index (χ4v) is 0.747. The molecule has 0 aromatic rings. The number of nitrogens with zero attached hydrogens (tertiary/aromatic N) is 1. The number of hydrogen-bond acceptors (Lipinski definition) is 7. The third-order valence-electron chi connectivity index (χ3n) is 4.17. The van der Waals surface area contributed by atoms with E-state index in [1.165, 1.54) is 52.2 Å². The van der Waals surface area contributed by atoms with Crippen molar-refractivity contribution in [2.75, 3.05) is 43.7 Å². The summed E-state index contributed by atoms with van der Waals surface area (Å²) in [5.74, 6) is 3.29. The van der Waals surface area contributed by atoms with Crippen LogP contribution in [-0.2, 0) is 35.0 Å². The molecule has 6 N–H and O–H groups in total. The Bertz CT molecular complexity index is 761. The van der Waals surface area contributed by atoms with Crippen molar-refractivity contribution in [1.29, 1.82) is 0 Å². The van der Waals surface area contributed by atoms with E-state index in [-0.39, 0.29) is 23.5 Å². The van der Waals surface area contributed by atoms with Gasteiger partial charge in [-0.25, -0.2) is 8.42 Å². The van der Waals surface area contributed by atoms with Crippen LogP contribution in [0, 0.1) is 11.8 Å². The summed E-state index contributed by atoms with van der Waals surface area (Å²) in [7, 11) is -3.23. The first-order valence-corrected chi connectivity index (χ1v) is 23.5. The quantitative estimate of drug-likeness (QED) is 0.139.